The topological polar surface area (TPSA) is 42.0 Å². The van der Waals surface area contributed by atoms with Gasteiger partial charge < -0.3 is 5.32 Å². The molecule has 26 heavy (non-hydrogen) atoms. The number of rotatable bonds is 4. The minimum Gasteiger partial charge on any atom is -0.325 e. The minimum absolute atomic E-state index is 0.00866. The molecule has 0 aliphatic rings. The Bertz CT molecular complexity index is 927. The normalized spacial score (nSPS) is 11.5. The second-order valence-electron chi connectivity index (χ2n) is 7.44. The standard InChI is InChI=1S/C22H24N2OS/c1-15-13-20(18-7-5-6-8-19(18)23-15)24-21(25)14-26-17-11-9-16(10-12-17)22(2,3)4/h5-13H,14H2,1-4H3,(H,23,24,25). The summed E-state index contributed by atoms with van der Waals surface area (Å²) >= 11 is 1.55. The zero-order valence-corrected chi connectivity index (χ0v) is 16.5. The fraction of sp³-hybridized carbons (Fsp3) is 0.273. The molecule has 1 aromatic heterocycles. The summed E-state index contributed by atoms with van der Waals surface area (Å²) in [7, 11) is 0. The van der Waals surface area contributed by atoms with Crippen molar-refractivity contribution in [2.75, 3.05) is 11.1 Å². The summed E-state index contributed by atoms with van der Waals surface area (Å²) in [5.74, 6) is 0.371. The molecule has 3 rings (SSSR count). The molecule has 3 aromatic rings. The third-order valence-electron chi connectivity index (χ3n) is 4.21. The van der Waals surface area contributed by atoms with Crippen molar-refractivity contribution in [2.24, 2.45) is 0 Å². The molecule has 0 saturated carbocycles. The van der Waals surface area contributed by atoms with E-state index in [0.29, 0.717) is 5.75 Å². The number of aryl methyl sites for hydroxylation is 1. The van der Waals surface area contributed by atoms with Crippen LogP contribution in [0.1, 0.15) is 32.0 Å². The van der Waals surface area contributed by atoms with Gasteiger partial charge in [-0.2, -0.15) is 0 Å². The first-order chi connectivity index (χ1) is 12.3. The molecule has 2 aromatic carbocycles. The van der Waals surface area contributed by atoms with E-state index in [0.717, 1.165) is 27.2 Å². The van der Waals surface area contributed by atoms with E-state index in [1.807, 2.05) is 37.3 Å². The Hall–Kier alpha value is -2.33. The largest absolute Gasteiger partial charge is 0.325 e. The molecule has 0 aliphatic heterocycles. The maximum atomic E-state index is 12.4. The molecule has 0 bridgehead atoms. The molecule has 1 heterocycles. The lowest BCUT2D eigenvalue weighted by Gasteiger charge is -2.19. The highest BCUT2D eigenvalue weighted by atomic mass is 32.2. The highest BCUT2D eigenvalue weighted by Gasteiger charge is 2.13. The predicted octanol–water partition coefficient (Wildman–Crippen LogP) is 5.57. The van der Waals surface area contributed by atoms with Crippen molar-refractivity contribution in [3.05, 3.63) is 65.9 Å². The second kappa shape index (κ2) is 7.50. The number of hydrogen-bond acceptors (Lipinski definition) is 3. The number of nitrogens with one attached hydrogen (secondary N) is 1. The molecule has 0 fully saturated rings. The Morgan fingerprint density at radius 2 is 1.77 bits per heavy atom. The van der Waals surface area contributed by atoms with Gasteiger partial charge in [0.15, 0.2) is 0 Å². The van der Waals surface area contributed by atoms with Gasteiger partial charge in [-0.25, -0.2) is 0 Å². The summed E-state index contributed by atoms with van der Waals surface area (Å²) in [6.07, 6.45) is 0. The van der Waals surface area contributed by atoms with Crippen LogP contribution in [0.5, 0.6) is 0 Å². The van der Waals surface area contributed by atoms with Crippen LogP contribution in [0.25, 0.3) is 10.9 Å². The summed E-state index contributed by atoms with van der Waals surface area (Å²) in [5, 5.41) is 4.00. The van der Waals surface area contributed by atoms with Crippen molar-refractivity contribution in [1.29, 1.82) is 0 Å². The first-order valence-electron chi connectivity index (χ1n) is 8.72. The van der Waals surface area contributed by atoms with Crippen LogP contribution in [0.2, 0.25) is 0 Å². The molecule has 134 valence electrons. The third-order valence-corrected chi connectivity index (χ3v) is 5.22. The summed E-state index contributed by atoms with van der Waals surface area (Å²) in [6.45, 7) is 8.53. The molecule has 4 heteroatoms. The van der Waals surface area contributed by atoms with E-state index < -0.39 is 0 Å². The molecule has 0 saturated heterocycles. The van der Waals surface area contributed by atoms with E-state index in [1.54, 1.807) is 11.8 Å². The van der Waals surface area contributed by atoms with E-state index >= 15 is 0 Å². The van der Waals surface area contributed by atoms with Crippen LogP contribution in [0.3, 0.4) is 0 Å². The first-order valence-corrected chi connectivity index (χ1v) is 9.71. The molecule has 3 nitrogen and oxygen atoms in total. The van der Waals surface area contributed by atoms with Gasteiger partial charge >= 0.3 is 0 Å². The zero-order chi connectivity index (χ0) is 18.7. The number of nitrogens with zero attached hydrogens (tertiary/aromatic N) is 1. The second-order valence-corrected chi connectivity index (χ2v) is 8.49. The number of thioether (sulfide) groups is 1. The highest BCUT2D eigenvalue weighted by molar-refractivity contribution is 8.00. The Morgan fingerprint density at radius 1 is 1.08 bits per heavy atom. The van der Waals surface area contributed by atoms with Gasteiger partial charge in [0.1, 0.15) is 0 Å². The van der Waals surface area contributed by atoms with Crippen LogP contribution >= 0.6 is 11.8 Å². The molecule has 1 amide bonds. The number of amides is 1. The van der Waals surface area contributed by atoms with E-state index in [4.69, 9.17) is 0 Å². The van der Waals surface area contributed by atoms with Crippen LogP contribution in [0.4, 0.5) is 5.69 Å². The van der Waals surface area contributed by atoms with E-state index in [9.17, 15) is 4.79 Å². The van der Waals surface area contributed by atoms with Crippen molar-refractivity contribution >= 4 is 34.3 Å². The summed E-state index contributed by atoms with van der Waals surface area (Å²) in [6, 6.07) is 18.2. The van der Waals surface area contributed by atoms with Gasteiger partial charge in [0.25, 0.3) is 0 Å². The number of anilines is 1. The zero-order valence-electron chi connectivity index (χ0n) is 15.7. The lowest BCUT2D eigenvalue weighted by Crippen LogP contribution is -2.14. The molecule has 0 atom stereocenters. The first kappa shape index (κ1) is 18.5. The van der Waals surface area contributed by atoms with Crippen molar-refractivity contribution in [1.82, 2.24) is 4.98 Å². The number of carbonyl (C=O) groups excluding carboxylic acids is 1. The highest BCUT2D eigenvalue weighted by Crippen LogP contribution is 2.26. The van der Waals surface area contributed by atoms with E-state index in [-0.39, 0.29) is 11.3 Å². The Kier molecular flexibility index (Phi) is 5.33. The van der Waals surface area contributed by atoms with Crippen LogP contribution in [-0.2, 0) is 10.2 Å². The van der Waals surface area contributed by atoms with Gasteiger partial charge in [-0.05, 0) is 42.2 Å². The lowest BCUT2D eigenvalue weighted by atomic mass is 9.87. The van der Waals surface area contributed by atoms with Crippen LogP contribution in [-0.4, -0.2) is 16.6 Å². The molecular formula is C22H24N2OS. The van der Waals surface area contributed by atoms with Crippen molar-refractivity contribution in [2.45, 2.75) is 38.0 Å². The number of aromatic nitrogens is 1. The molecule has 1 N–H and O–H groups in total. The van der Waals surface area contributed by atoms with Crippen molar-refractivity contribution < 1.29 is 4.79 Å². The average Bonchev–Trinajstić information content (AvgIpc) is 2.59. The summed E-state index contributed by atoms with van der Waals surface area (Å²) in [4.78, 5) is 18.0. The molecule has 0 aliphatic carbocycles. The fourth-order valence-corrected chi connectivity index (χ4v) is 3.50. The van der Waals surface area contributed by atoms with Crippen LogP contribution in [0.15, 0.2) is 59.5 Å². The number of benzene rings is 2. The molecule has 0 spiro atoms. The van der Waals surface area contributed by atoms with Crippen LogP contribution in [0, 0.1) is 6.92 Å². The number of fused-ring (bicyclic) bond motifs is 1. The molecule has 0 radical (unpaired) electrons. The van der Waals surface area contributed by atoms with Crippen molar-refractivity contribution in [3.63, 3.8) is 0 Å². The van der Waals surface area contributed by atoms with Crippen molar-refractivity contribution in [3.8, 4) is 0 Å². The smallest absolute Gasteiger partial charge is 0.234 e. The fourth-order valence-electron chi connectivity index (χ4n) is 2.80. The average molecular weight is 365 g/mol. The lowest BCUT2D eigenvalue weighted by molar-refractivity contribution is -0.113. The van der Waals surface area contributed by atoms with E-state index in [1.165, 1.54) is 5.56 Å². The number of para-hydroxylation sites is 1. The summed E-state index contributed by atoms with van der Waals surface area (Å²) < 4.78 is 0. The van der Waals surface area contributed by atoms with Gasteiger partial charge in [0, 0.05) is 16.0 Å². The van der Waals surface area contributed by atoms with Gasteiger partial charge in [-0.15, -0.1) is 11.8 Å². The quantitative estimate of drug-likeness (QED) is 0.615. The minimum atomic E-state index is -0.00866. The van der Waals surface area contributed by atoms with Gasteiger partial charge in [0.2, 0.25) is 5.91 Å². The van der Waals surface area contributed by atoms with Crippen LogP contribution < -0.4 is 5.32 Å². The SMILES string of the molecule is Cc1cc(NC(=O)CSc2ccc(C(C)(C)C)cc2)c2ccccc2n1. The van der Waals surface area contributed by atoms with E-state index in [2.05, 4.69) is 55.3 Å². The van der Waals surface area contributed by atoms with Gasteiger partial charge in [0.05, 0.1) is 17.0 Å². The Labute approximate surface area is 159 Å². The number of hydrogen-bond donors (Lipinski definition) is 1. The maximum Gasteiger partial charge on any atom is 0.234 e. The number of pyridine rings is 1. The Balaban J connectivity index is 1.67. The van der Waals surface area contributed by atoms with Gasteiger partial charge in [-0.3, -0.25) is 9.78 Å². The number of carbonyl (C=O) groups is 1. The monoisotopic (exact) mass is 364 g/mol. The van der Waals surface area contributed by atoms with Gasteiger partial charge in [-0.1, -0.05) is 51.1 Å². The molecular weight excluding hydrogens is 340 g/mol. The maximum absolute atomic E-state index is 12.4. The molecule has 0 unspecified atom stereocenters. The Morgan fingerprint density at radius 3 is 2.46 bits per heavy atom. The predicted molar refractivity (Wildman–Crippen MR) is 111 cm³/mol. The third kappa shape index (κ3) is 4.44. The summed E-state index contributed by atoms with van der Waals surface area (Å²) in [5.41, 5.74) is 4.05.